The SMILES string of the molecule is CCC(O)(CC)CN1C(=O)NC(C)(c2ccc(C)cc2)C1=O. The molecule has 1 aliphatic rings. The van der Waals surface area contributed by atoms with E-state index in [4.69, 9.17) is 0 Å². The van der Waals surface area contributed by atoms with Crippen LogP contribution in [0, 0.1) is 6.92 Å². The Balaban J connectivity index is 2.30. The number of aliphatic hydroxyl groups is 1. The van der Waals surface area contributed by atoms with Gasteiger partial charge in [0, 0.05) is 0 Å². The Morgan fingerprint density at radius 2 is 1.73 bits per heavy atom. The number of amides is 3. The highest BCUT2D eigenvalue weighted by molar-refractivity contribution is 6.07. The first-order valence-corrected chi connectivity index (χ1v) is 7.69. The molecule has 1 saturated heterocycles. The van der Waals surface area contributed by atoms with Gasteiger partial charge < -0.3 is 10.4 Å². The highest BCUT2D eigenvalue weighted by Gasteiger charge is 2.50. The van der Waals surface area contributed by atoms with Gasteiger partial charge >= 0.3 is 6.03 Å². The van der Waals surface area contributed by atoms with Crippen LogP contribution in [0.4, 0.5) is 4.79 Å². The second kappa shape index (κ2) is 5.72. The number of imide groups is 1. The van der Waals surface area contributed by atoms with Gasteiger partial charge in [-0.15, -0.1) is 0 Å². The van der Waals surface area contributed by atoms with E-state index in [0.717, 1.165) is 16.0 Å². The molecule has 1 atom stereocenters. The zero-order valence-corrected chi connectivity index (χ0v) is 13.6. The maximum atomic E-state index is 12.8. The van der Waals surface area contributed by atoms with Gasteiger partial charge in [0.2, 0.25) is 0 Å². The van der Waals surface area contributed by atoms with Crippen molar-refractivity contribution in [2.45, 2.75) is 51.7 Å². The van der Waals surface area contributed by atoms with Gasteiger partial charge in [-0.25, -0.2) is 4.79 Å². The van der Waals surface area contributed by atoms with Crippen molar-refractivity contribution in [1.29, 1.82) is 0 Å². The van der Waals surface area contributed by atoms with E-state index in [2.05, 4.69) is 5.32 Å². The first kappa shape index (κ1) is 16.5. The van der Waals surface area contributed by atoms with Gasteiger partial charge in [0.25, 0.3) is 5.91 Å². The third-order valence-electron chi connectivity index (χ3n) is 4.67. The Morgan fingerprint density at radius 3 is 2.23 bits per heavy atom. The van der Waals surface area contributed by atoms with Gasteiger partial charge in [0.15, 0.2) is 0 Å². The number of hydrogen-bond acceptors (Lipinski definition) is 3. The summed E-state index contributed by atoms with van der Waals surface area (Å²) in [6.45, 7) is 7.39. The van der Waals surface area contributed by atoms with Crippen molar-refractivity contribution < 1.29 is 14.7 Å². The summed E-state index contributed by atoms with van der Waals surface area (Å²) in [5.41, 5.74) is -0.276. The number of hydrogen-bond donors (Lipinski definition) is 2. The molecule has 1 aromatic carbocycles. The number of benzene rings is 1. The number of β-amino-alcohol motifs (C(OH)–C–C–N with tert-alkyl or cyclic N) is 1. The van der Waals surface area contributed by atoms with E-state index in [1.165, 1.54) is 0 Å². The number of aryl methyl sites for hydroxylation is 1. The van der Waals surface area contributed by atoms with Gasteiger partial charge in [-0.1, -0.05) is 43.7 Å². The highest BCUT2D eigenvalue weighted by Crippen LogP contribution is 2.30. The minimum absolute atomic E-state index is 0.0200. The summed E-state index contributed by atoms with van der Waals surface area (Å²) in [4.78, 5) is 26.1. The average molecular weight is 304 g/mol. The third kappa shape index (κ3) is 2.73. The van der Waals surface area contributed by atoms with Crippen LogP contribution in [0.15, 0.2) is 24.3 Å². The molecule has 0 bridgehead atoms. The first-order valence-electron chi connectivity index (χ1n) is 7.69. The minimum Gasteiger partial charge on any atom is -0.388 e. The van der Waals surface area contributed by atoms with Crippen LogP contribution in [0.1, 0.15) is 44.7 Å². The largest absolute Gasteiger partial charge is 0.388 e. The molecule has 2 rings (SSSR count). The number of nitrogens with one attached hydrogen (secondary N) is 1. The summed E-state index contributed by atoms with van der Waals surface area (Å²) < 4.78 is 0. The Morgan fingerprint density at radius 1 is 1.18 bits per heavy atom. The molecule has 0 radical (unpaired) electrons. The van der Waals surface area contributed by atoms with Crippen LogP contribution in [0.25, 0.3) is 0 Å². The second-order valence-electron chi connectivity index (χ2n) is 6.24. The minimum atomic E-state index is -1.08. The molecule has 0 aromatic heterocycles. The van der Waals surface area contributed by atoms with E-state index in [1.54, 1.807) is 6.92 Å². The average Bonchev–Trinajstić information content (AvgIpc) is 2.72. The molecule has 0 saturated carbocycles. The molecule has 5 heteroatoms. The van der Waals surface area contributed by atoms with Gasteiger partial charge in [-0.2, -0.15) is 0 Å². The highest BCUT2D eigenvalue weighted by atomic mass is 16.3. The lowest BCUT2D eigenvalue weighted by atomic mass is 9.90. The molecule has 1 unspecified atom stereocenters. The normalized spacial score (nSPS) is 22.1. The molecule has 0 spiro atoms. The predicted octanol–water partition coefficient (Wildman–Crippen LogP) is 2.31. The summed E-state index contributed by atoms with van der Waals surface area (Å²) in [7, 11) is 0. The van der Waals surface area contributed by atoms with Crippen molar-refractivity contribution in [3.05, 3.63) is 35.4 Å². The lowest BCUT2D eigenvalue weighted by Gasteiger charge is -2.29. The van der Waals surface area contributed by atoms with Gasteiger partial charge in [0.05, 0.1) is 12.1 Å². The summed E-state index contributed by atoms with van der Waals surface area (Å²) in [5, 5.41) is 13.2. The van der Waals surface area contributed by atoms with Crippen molar-refractivity contribution in [2.24, 2.45) is 0 Å². The maximum absolute atomic E-state index is 12.8. The van der Waals surface area contributed by atoms with E-state index >= 15 is 0 Å². The van der Waals surface area contributed by atoms with E-state index in [9.17, 15) is 14.7 Å². The molecule has 22 heavy (non-hydrogen) atoms. The van der Waals surface area contributed by atoms with Crippen molar-refractivity contribution >= 4 is 11.9 Å². The molecule has 0 aliphatic carbocycles. The topological polar surface area (TPSA) is 69.6 Å². The Hall–Kier alpha value is -1.88. The standard InChI is InChI=1S/C17H24N2O3/c1-5-17(22,6-2)11-19-14(20)16(4,18-15(19)21)13-9-7-12(3)8-10-13/h7-10,22H,5-6,11H2,1-4H3,(H,18,21). The van der Waals surface area contributed by atoms with Crippen molar-refractivity contribution in [2.75, 3.05) is 6.54 Å². The van der Waals surface area contributed by atoms with Crippen LogP contribution in [0.5, 0.6) is 0 Å². The number of carbonyl (C=O) groups excluding carboxylic acids is 2. The lowest BCUT2D eigenvalue weighted by Crippen LogP contribution is -2.46. The Bertz CT molecular complexity index is 578. The number of urea groups is 1. The maximum Gasteiger partial charge on any atom is 0.325 e. The Kier molecular flexibility index (Phi) is 4.29. The van der Waals surface area contributed by atoms with Crippen LogP contribution in [0.3, 0.4) is 0 Å². The number of carbonyl (C=O) groups is 2. The smallest absolute Gasteiger partial charge is 0.325 e. The van der Waals surface area contributed by atoms with Crippen LogP contribution in [-0.2, 0) is 10.3 Å². The fourth-order valence-corrected chi connectivity index (χ4v) is 2.69. The van der Waals surface area contributed by atoms with E-state index < -0.39 is 17.2 Å². The second-order valence-corrected chi connectivity index (χ2v) is 6.24. The molecule has 1 aromatic rings. The molecular formula is C17H24N2O3. The summed E-state index contributed by atoms with van der Waals surface area (Å²) in [5.74, 6) is -0.318. The van der Waals surface area contributed by atoms with Gasteiger partial charge in [0.1, 0.15) is 5.54 Å². The van der Waals surface area contributed by atoms with E-state index in [-0.39, 0.29) is 12.5 Å². The van der Waals surface area contributed by atoms with Crippen molar-refractivity contribution in [3.63, 3.8) is 0 Å². The third-order valence-corrected chi connectivity index (χ3v) is 4.67. The molecule has 3 amide bonds. The number of rotatable bonds is 5. The first-order chi connectivity index (χ1) is 10.3. The summed E-state index contributed by atoms with van der Waals surface area (Å²) in [6, 6.07) is 7.08. The van der Waals surface area contributed by atoms with Crippen LogP contribution in [-0.4, -0.2) is 34.1 Å². The molecule has 1 aliphatic heterocycles. The van der Waals surface area contributed by atoms with E-state index in [0.29, 0.717) is 12.8 Å². The molecular weight excluding hydrogens is 280 g/mol. The number of nitrogens with zero attached hydrogens (tertiary/aromatic N) is 1. The molecule has 1 heterocycles. The summed E-state index contributed by atoms with van der Waals surface area (Å²) in [6.07, 6.45) is 0.976. The fraction of sp³-hybridized carbons (Fsp3) is 0.529. The van der Waals surface area contributed by atoms with Crippen LogP contribution < -0.4 is 5.32 Å². The predicted molar refractivity (Wildman–Crippen MR) is 84.3 cm³/mol. The van der Waals surface area contributed by atoms with Crippen LogP contribution in [0.2, 0.25) is 0 Å². The lowest BCUT2D eigenvalue weighted by molar-refractivity contribution is -0.133. The van der Waals surface area contributed by atoms with Crippen LogP contribution >= 0.6 is 0 Å². The fourth-order valence-electron chi connectivity index (χ4n) is 2.69. The molecule has 5 nitrogen and oxygen atoms in total. The quantitative estimate of drug-likeness (QED) is 0.820. The molecule has 2 N–H and O–H groups in total. The zero-order valence-electron chi connectivity index (χ0n) is 13.6. The van der Waals surface area contributed by atoms with Crippen molar-refractivity contribution in [1.82, 2.24) is 10.2 Å². The zero-order chi connectivity index (χ0) is 16.5. The van der Waals surface area contributed by atoms with Gasteiger partial charge in [-0.05, 0) is 32.3 Å². The van der Waals surface area contributed by atoms with Gasteiger partial charge in [-0.3, -0.25) is 9.69 Å². The molecule has 1 fully saturated rings. The van der Waals surface area contributed by atoms with E-state index in [1.807, 2.05) is 45.0 Å². The molecule has 120 valence electrons. The van der Waals surface area contributed by atoms with Crippen molar-refractivity contribution in [3.8, 4) is 0 Å². The monoisotopic (exact) mass is 304 g/mol. The Labute approximate surface area is 131 Å². The summed E-state index contributed by atoms with van der Waals surface area (Å²) >= 11 is 0.